The van der Waals surface area contributed by atoms with Crippen molar-refractivity contribution in [3.63, 3.8) is 0 Å². The Balaban J connectivity index is 2.22. The molecule has 0 spiro atoms. The lowest BCUT2D eigenvalue weighted by Crippen LogP contribution is -2.21. The lowest BCUT2D eigenvalue weighted by atomic mass is 10.00. The number of alkyl halides is 1. The van der Waals surface area contributed by atoms with E-state index in [0.29, 0.717) is 0 Å². The fourth-order valence-electron chi connectivity index (χ4n) is 2.16. The molecule has 1 aromatic rings. The van der Waals surface area contributed by atoms with Crippen LogP contribution in [0.3, 0.4) is 0 Å². The zero-order valence-electron chi connectivity index (χ0n) is 8.53. The van der Waals surface area contributed by atoms with Crippen molar-refractivity contribution in [2.24, 2.45) is 5.92 Å². The average Bonchev–Trinajstić information content (AvgIpc) is 2.71. The van der Waals surface area contributed by atoms with Crippen LogP contribution in [0.5, 0.6) is 0 Å². The summed E-state index contributed by atoms with van der Waals surface area (Å²) in [5.41, 5.74) is 0.859. The topological polar surface area (TPSA) is 29.3 Å². The zero-order chi connectivity index (χ0) is 10.1. The van der Waals surface area contributed by atoms with E-state index in [0.717, 1.165) is 24.4 Å². The highest BCUT2D eigenvalue weighted by atomic mass is 19.1. The van der Waals surface area contributed by atoms with Gasteiger partial charge in [0.2, 0.25) is 0 Å². The van der Waals surface area contributed by atoms with Gasteiger partial charge in [-0.25, -0.2) is 0 Å². The molecule has 1 aromatic heterocycles. The van der Waals surface area contributed by atoms with Crippen molar-refractivity contribution >= 4 is 0 Å². The normalized spacial score (nSPS) is 28.5. The largest absolute Gasteiger partial charge is 0.359 e. The Bertz CT molecular complexity index is 313. The first-order chi connectivity index (χ1) is 6.72. The Morgan fingerprint density at radius 2 is 2.50 bits per heavy atom. The van der Waals surface area contributed by atoms with Crippen LogP contribution in [0.25, 0.3) is 0 Å². The van der Waals surface area contributed by atoms with Crippen molar-refractivity contribution in [1.82, 2.24) is 10.1 Å². The van der Waals surface area contributed by atoms with Crippen molar-refractivity contribution in [2.45, 2.75) is 19.4 Å². The van der Waals surface area contributed by atoms with E-state index in [2.05, 4.69) is 10.1 Å². The number of likely N-dealkylation sites (tertiary alicyclic amines) is 1. The monoisotopic (exact) mass is 198 g/mol. The van der Waals surface area contributed by atoms with Crippen LogP contribution in [-0.4, -0.2) is 30.3 Å². The van der Waals surface area contributed by atoms with Crippen molar-refractivity contribution in [2.75, 3.05) is 20.3 Å². The van der Waals surface area contributed by atoms with Crippen molar-refractivity contribution in [3.05, 3.63) is 17.5 Å². The van der Waals surface area contributed by atoms with Crippen molar-refractivity contribution in [1.29, 1.82) is 0 Å². The Labute approximate surface area is 82.9 Å². The molecule has 2 heterocycles. The Kier molecular flexibility index (Phi) is 2.54. The summed E-state index contributed by atoms with van der Waals surface area (Å²) in [5, 5.41) is 3.84. The summed E-state index contributed by atoms with van der Waals surface area (Å²) in [6.45, 7) is 2.53. The molecule has 2 atom stereocenters. The lowest BCUT2D eigenvalue weighted by molar-refractivity contribution is 0.199. The van der Waals surface area contributed by atoms with Gasteiger partial charge in [-0.3, -0.25) is 9.29 Å². The van der Waals surface area contributed by atoms with Crippen LogP contribution in [0.15, 0.2) is 10.6 Å². The third-order valence-corrected chi connectivity index (χ3v) is 2.91. The van der Waals surface area contributed by atoms with Crippen LogP contribution in [0, 0.1) is 12.8 Å². The molecular formula is C10H15FN2O. The van der Waals surface area contributed by atoms with Crippen LogP contribution in [0.1, 0.15) is 23.9 Å². The maximum atomic E-state index is 12.7. The average molecular weight is 198 g/mol. The van der Waals surface area contributed by atoms with Gasteiger partial charge in [0, 0.05) is 12.0 Å². The summed E-state index contributed by atoms with van der Waals surface area (Å²) in [4.78, 5) is 2.13. The molecule has 1 aliphatic heterocycles. The third kappa shape index (κ3) is 1.54. The standard InChI is InChI=1S/C10H15FN2O/c1-7-5-9(14-12-7)10-8(6-11)3-4-13(10)2/h5,8,10H,3-4,6H2,1-2H3/t8-,10+/m0/s1. The molecule has 2 rings (SSSR count). The van der Waals surface area contributed by atoms with Crippen molar-refractivity contribution < 1.29 is 8.91 Å². The van der Waals surface area contributed by atoms with Gasteiger partial charge in [-0.1, -0.05) is 5.16 Å². The van der Waals surface area contributed by atoms with Gasteiger partial charge in [0.1, 0.15) is 0 Å². The summed E-state index contributed by atoms with van der Waals surface area (Å²) in [6, 6.07) is 1.97. The van der Waals surface area contributed by atoms with E-state index in [1.165, 1.54) is 0 Å². The second kappa shape index (κ2) is 3.69. The molecule has 0 N–H and O–H groups in total. The van der Waals surface area contributed by atoms with Crippen LogP contribution < -0.4 is 0 Å². The van der Waals surface area contributed by atoms with Gasteiger partial charge >= 0.3 is 0 Å². The number of halogens is 1. The van der Waals surface area contributed by atoms with Gasteiger partial charge in [0.25, 0.3) is 0 Å². The highest BCUT2D eigenvalue weighted by molar-refractivity contribution is 5.11. The number of hydrogen-bond donors (Lipinski definition) is 0. The number of aromatic nitrogens is 1. The van der Waals surface area contributed by atoms with Gasteiger partial charge in [-0.15, -0.1) is 0 Å². The Morgan fingerprint density at radius 3 is 3.07 bits per heavy atom. The van der Waals surface area contributed by atoms with Gasteiger partial charge in [-0.05, 0) is 26.9 Å². The highest BCUT2D eigenvalue weighted by Crippen LogP contribution is 2.36. The van der Waals surface area contributed by atoms with Gasteiger partial charge < -0.3 is 4.52 Å². The Hall–Kier alpha value is -0.900. The fourth-order valence-corrected chi connectivity index (χ4v) is 2.16. The van der Waals surface area contributed by atoms with Gasteiger partial charge in [0.05, 0.1) is 18.4 Å². The summed E-state index contributed by atoms with van der Waals surface area (Å²) in [7, 11) is 2.00. The highest BCUT2D eigenvalue weighted by Gasteiger charge is 2.35. The van der Waals surface area contributed by atoms with E-state index in [1.54, 1.807) is 0 Å². The molecule has 4 heteroatoms. The summed E-state index contributed by atoms with van der Waals surface area (Å²) in [6.07, 6.45) is 0.900. The molecule has 0 aromatic carbocycles. The molecule has 0 unspecified atom stereocenters. The number of hydrogen-bond acceptors (Lipinski definition) is 3. The summed E-state index contributed by atoms with van der Waals surface area (Å²) >= 11 is 0. The second-order valence-corrected chi connectivity index (χ2v) is 4.00. The molecule has 1 fully saturated rings. The minimum Gasteiger partial charge on any atom is -0.359 e. The van der Waals surface area contributed by atoms with Crippen LogP contribution in [0.2, 0.25) is 0 Å². The van der Waals surface area contributed by atoms with Gasteiger partial charge in [-0.2, -0.15) is 0 Å². The molecule has 14 heavy (non-hydrogen) atoms. The maximum absolute atomic E-state index is 12.7. The summed E-state index contributed by atoms with van der Waals surface area (Å²) < 4.78 is 17.9. The van der Waals surface area contributed by atoms with Crippen molar-refractivity contribution in [3.8, 4) is 0 Å². The molecule has 0 bridgehead atoms. The first kappa shape index (κ1) is 9.65. The number of nitrogens with zero attached hydrogens (tertiary/aromatic N) is 2. The lowest BCUT2D eigenvalue weighted by Gasteiger charge is -2.20. The second-order valence-electron chi connectivity index (χ2n) is 4.00. The smallest absolute Gasteiger partial charge is 0.154 e. The first-order valence-electron chi connectivity index (χ1n) is 4.92. The van der Waals surface area contributed by atoms with E-state index in [1.807, 2.05) is 20.0 Å². The fraction of sp³-hybridized carbons (Fsp3) is 0.700. The molecule has 0 amide bonds. The van der Waals surface area contributed by atoms with E-state index >= 15 is 0 Å². The predicted octanol–water partition coefficient (Wildman–Crippen LogP) is 1.95. The van der Waals surface area contributed by atoms with Crippen LogP contribution >= 0.6 is 0 Å². The number of rotatable bonds is 2. The molecule has 0 radical (unpaired) electrons. The van der Waals surface area contributed by atoms with Crippen LogP contribution in [0.4, 0.5) is 4.39 Å². The first-order valence-corrected chi connectivity index (χ1v) is 4.92. The summed E-state index contributed by atoms with van der Waals surface area (Å²) in [5.74, 6) is 0.859. The van der Waals surface area contributed by atoms with Gasteiger partial charge in [0.15, 0.2) is 5.76 Å². The van der Waals surface area contributed by atoms with E-state index in [-0.39, 0.29) is 18.6 Å². The molecule has 0 aliphatic carbocycles. The Morgan fingerprint density at radius 1 is 1.71 bits per heavy atom. The van der Waals surface area contributed by atoms with Crippen LogP contribution in [-0.2, 0) is 0 Å². The quantitative estimate of drug-likeness (QED) is 0.727. The molecule has 3 nitrogen and oxygen atoms in total. The molecule has 1 saturated heterocycles. The van der Waals surface area contributed by atoms with E-state index in [4.69, 9.17) is 4.52 Å². The van der Waals surface area contributed by atoms with E-state index < -0.39 is 0 Å². The predicted molar refractivity (Wildman–Crippen MR) is 50.7 cm³/mol. The zero-order valence-corrected chi connectivity index (χ0v) is 8.53. The molecular weight excluding hydrogens is 183 g/mol. The molecule has 1 aliphatic rings. The third-order valence-electron chi connectivity index (χ3n) is 2.91. The van der Waals surface area contributed by atoms with E-state index in [9.17, 15) is 4.39 Å². The maximum Gasteiger partial charge on any atom is 0.154 e. The molecule has 78 valence electrons. The number of aryl methyl sites for hydroxylation is 1. The SMILES string of the molecule is Cc1cc([C@H]2[C@H](CF)CCN2C)on1. The minimum absolute atomic E-state index is 0.0624. The molecule has 0 saturated carbocycles. The minimum atomic E-state index is -0.283.